The van der Waals surface area contributed by atoms with E-state index < -0.39 is 0 Å². The van der Waals surface area contributed by atoms with Crippen LogP contribution in [0.2, 0.25) is 0 Å². The zero-order valence-corrected chi connectivity index (χ0v) is 10.4. The summed E-state index contributed by atoms with van der Waals surface area (Å²) in [5.74, 6) is 1.16. The maximum Gasteiger partial charge on any atom is 0.0153 e. The van der Waals surface area contributed by atoms with Crippen molar-refractivity contribution in [3.05, 3.63) is 41.5 Å². The molecule has 0 fully saturated rings. The van der Waals surface area contributed by atoms with Gasteiger partial charge < -0.3 is 0 Å². The van der Waals surface area contributed by atoms with Crippen LogP contribution in [0.15, 0.2) is 35.2 Å². The molecule has 0 saturated heterocycles. The van der Waals surface area contributed by atoms with Crippen LogP contribution in [0.4, 0.5) is 0 Å². The SMILES string of the molecule is CCSc1cc2c(c3ccccc13)CCC2. The number of hydrogen-bond donors (Lipinski definition) is 0. The van der Waals surface area contributed by atoms with Crippen LogP contribution < -0.4 is 0 Å². The fourth-order valence-electron chi connectivity index (χ4n) is 2.71. The molecule has 0 N–H and O–H groups in total. The van der Waals surface area contributed by atoms with Crippen molar-refractivity contribution in [2.75, 3.05) is 5.75 Å². The largest absolute Gasteiger partial charge is 0.126 e. The van der Waals surface area contributed by atoms with Crippen LogP contribution in [0.25, 0.3) is 10.8 Å². The van der Waals surface area contributed by atoms with Crippen molar-refractivity contribution >= 4 is 22.5 Å². The highest BCUT2D eigenvalue weighted by molar-refractivity contribution is 7.99. The highest BCUT2D eigenvalue weighted by atomic mass is 32.2. The van der Waals surface area contributed by atoms with E-state index in [2.05, 4.69) is 37.3 Å². The molecule has 0 bridgehead atoms. The molecule has 82 valence electrons. The van der Waals surface area contributed by atoms with E-state index in [0.717, 1.165) is 5.75 Å². The molecule has 0 radical (unpaired) electrons. The van der Waals surface area contributed by atoms with Gasteiger partial charge in [0.25, 0.3) is 0 Å². The van der Waals surface area contributed by atoms with Crippen LogP contribution in [-0.4, -0.2) is 5.75 Å². The van der Waals surface area contributed by atoms with Gasteiger partial charge in [0.05, 0.1) is 0 Å². The standard InChI is InChI=1S/C15H16S/c1-2-16-15-10-11-6-5-9-12(11)13-7-3-4-8-14(13)15/h3-4,7-8,10H,2,5-6,9H2,1H3. The first-order chi connectivity index (χ1) is 7.90. The van der Waals surface area contributed by atoms with Gasteiger partial charge in [-0.15, -0.1) is 11.8 Å². The van der Waals surface area contributed by atoms with Crippen LogP contribution >= 0.6 is 11.8 Å². The fraction of sp³-hybridized carbons (Fsp3) is 0.333. The van der Waals surface area contributed by atoms with Crippen molar-refractivity contribution in [3.63, 3.8) is 0 Å². The van der Waals surface area contributed by atoms with Gasteiger partial charge in [-0.3, -0.25) is 0 Å². The number of hydrogen-bond acceptors (Lipinski definition) is 1. The molecule has 1 aliphatic carbocycles. The minimum Gasteiger partial charge on any atom is -0.126 e. The van der Waals surface area contributed by atoms with Crippen molar-refractivity contribution in [2.24, 2.45) is 0 Å². The summed E-state index contributed by atoms with van der Waals surface area (Å²) in [4.78, 5) is 1.47. The monoisotopic (exact) mass is 228 g/mol. The van der Waals surface area contributed by atoms with Gasteiger partial charge in [-0.1, -0.05) is 31.2 Å². The Labute approximate surface area is 101 Å². The Morgan fingerprint density at radius 1 is 1.12 bits per heavy atom. The lowest BCUT2D eigenvalue weighted by Gasteiger charge is -2.10. The summed E-state index contributed by atoms with van der Waals surface area (Å²) >= 11 is 1.97. The van der Waals surface area contributed by atoms with Crippen molar-refractivity contribution in [3.8, 4) is 0 Å². The molecule has 16 heavy (non-hydrogen) atoms. The van der Waals surface area contributed by atoms with Crippen molar-refractivity contribution in [2.45, 2.75) is 31.1 Å². The fourth-order valence-corrected chi connectivity index (χ4v) is 3.58. The second-order valence-electron chi connectivity index (χ2n) is 4.34. The summed E-state index contributed by atoms with van der Waals surface area (Å²) in [6, 6.07) is 11.3. The number of aryl methyl sites for hydroxylation is 2. The van der Waals surface area contributed by atoms with Crippen molar-refractivity contribution < 1.29 is 0 Å². The Bertz CT molecular complexity index is 528. The van der Waals surface area contributed by atoms with Gasteiger partial charge in [0.2, 0.25) is 0 Å². The normalized spacial score (nSPS) is 14.3. The predicted molar refractivity (Wildman–Crippen MR) is 72.4 cm³/mol. The first-order valence-electron chi connectivity index (χ1n) is 6.06. The van der Waals surface area contributed by atoms with Crippen LogP contribution in [0.5, 0.6) is 0 Å². The number of thioether (sulfide) groups is 1. The molecule has 0 unspecified atom stereocenters. The maximum atomic E-state index is 2.43. The summed E-state index contributed by atoms with van der Waals surface area (Å²) in [7, 11) is 0. The summed E-state index contributed by atoms with van der Waals surface area (Å²) < 4.78 is 0. The third kappa shape index (κ3) is 1.54. The van der Waals surface area contributed by atoms with Crippen LogP contribution in [-0.2, 0) is 12.8 Å². The van der Waals surface area contributed by atoms with Gasteiger partial charge in [0, 0.05) is 4.90 Å². The van der Waals surface area contributed by atoms with E-state index in [1.165, 1.54) is 34.9 Å². The van der Waals surface area contributed by atoms with Crippen LogP contribution in [0.3, 0.4) is 0 Å². The predicted octanol–water partition coefficient (Wildman–Crippen LogP) is 4.44. The minimum atomic E-state index is 1.16. The van der Waals surface area contributed by atoms with E-state index in [1.54, 1.807) is 11.1 Å². The molecule has 0 atom stereocenters. The smallest absolute Gasteiger partial charge is 0.0153 e. The van der Waals surface area contributed by atoms with E-state index in [1.807, 2.05) is 11.8 Å². The second-order valence-corrected chi connectivity index (χ2v) is 5.65. The lowest BCUT2D eigenvalue weighted by Crippen LogP contribution is -1.88. The Morgan fingerprint density at radius 3 is 2.75 bits per heavy atom. The van der Waals surface area contributed by atoms with Crippen LogP contribution in [0.1, 0.15) is 24.5 Å². The zero-order chi connectivity index (χ0) is 11.0. The number of fused-ring (bicyclic) bond motifs is 3. The molecule has 0 aliphatic heterocycles. The molecule has 2 aromatic rings. The molecule has 0 nitrogen and oxygen atoms in total. The summed E-state index contributed by atoms with van der Waals surface area (Å²) in [6.07, 6.45) is 3.88. The summed E-state index contributed by atoms with van der Waals surface area (Å²) in [5, 5.41) is 2.95. The van der Waals surface area contributed by atoms with Gasteiger partial charge in [-0.2, -0.15) is 0 Å². The van der Waals surface area contributed by atoms with Gasteiger partial charge in [-0.25, -0.2) is 0 Å². The molecule has 0 amide bonds. The van der Waals surface area contributed by atoms with Gasteiger partial charge >= 0.3 is 0 Å². The molecule has 0 aromatic heterocycles. The number of benzene rings is 2. The Kier molecular flexibility index (Phi) is 2.64. The average molecular weight is 228 g/mol. The van der Waals surface area contributed by atoms with Crippen LogP contribution in [0, 0.1) is 0 Å². The Hall–Kier alpha value is -0.950. The van der Waals surface area contributed by atoms with Crippen molar-refractivity contribution in [1.82, 2.24) is 0 Å². The Balaban J connectivity index is 2.31. The van der Waals surface area contributed by atoms with E-state index in [0.29, 0.717) is 0 Å². The first-order valence-corrected chi connectivity index (χ1v) is 7.05. The lowest BCUT2D eigenvalue weighted by molar-refractivity contribution is 0.913. The maximum absolute atomic E-state index is 2.43. The molecule has 3 rings (SSSR count). The highest BCUT2D eigenvalue weighted by Gasteiger charge is 2.16. The third-order valence-corrected chi connectivity index (χ3v) is 4.32. The third-order valence-electron chi connectivity index (χ3n) is 3.38. The molecule has 0 heterocycles. The highest BCUT2D eigenvalue weighted by Crippen LogP contribution is 2.36. The lowest BCUT2D eigenvalue weighted by atomic mass is 10.0. The quantitative estimate of drug-likeness (QED) is 0.685. The second kappa shape index (κ2) is 4.14. The van der Waals surface area contributed by atoms with Crippen molar-refractivity contribution in [1.29, 1.82) is 0 Å². The molecular formula is C15H16S. The molecule has 0 saturated carbocycles. The Morgan fingerprint density at radius 2 is 1.94 bits per heavy atom. The number of rotatable bonds is 2. The van der Waals surface area contributed by atoms with Gasteiger partial charge in [0.15, 0.2) is 0 Å². The summed E-state index contributed by atoms with van der Waals surface area (Å²) in [5.41, 5.74) is 3.20. The zero-order valence-electron chi connectivity index (χ0n) is 9.62. The van der Waals surface area contributed by atoms with Gasteiger partial charge in [-0.05, 0) is 53.0 Å². The molecule has 1 heteroatoms. The minimum absolute atomic E-state index is 1.16. The van der Waals surface area contributed by atoms with Gasteiger partial charge in [0.1, 0.15) is 0 Å². The molecule has 1 aliphatic rings. The van der Waals surface area contributed by atoms with E-state index in [9.17, 15) is 0 Å². The van der Waals surface area contributed by atoms with E-state index >= 15 is 0 Å². The first kappa shape index (κ1) is 10.2. The topological polar surface area (TPSA) is 0 Å². The average Bonchev–Trinajstić information content (AvgIpc) is 2.78. The van der Waals surface area contributed by atoms with E-state index in [-0.39, 0.29) is 0 Å². The molecule has 0 spiro atoms. The molecule has 2 aromatic carbocycles. The van der Waals surface area contributed by atoms with E-state index in [4.69, 9.17) is 0 Å². The summed E-state index contributed by atoms with van der Waals surface area (Å²) in [6.45, 7) is 2.23. The molecular weight excluding hydrogens is 212 g/mol.